The highest BCUT2D eigenvalue weighted by Crippen LogP contribution is 2.13. The second-order valence-electron chi connectivity index (χ2n) is 7.34. The molecular formula is C21H42ClNO3S. The minimum Gasteiger partial charge on any atom is -0.480 e. The molecule has 0 saturated heterocycles. The lowest BCUT2D eigenvalue weighted by Crippen LogP contribution is -2.42. The Balaban J connectivity index is 0. The number of amides is 1. The molecule has 2 N–H and O–H groups in total. The van der Waals surface area contributed by atoms with Crippen LogP contribution in [0.3, 0.4) is 0 Å². The van der Waals surface area contributed by atoms with E-state index in [0.29, 0.717) is 6.42 Å². The van der Waals surface area contributed by atoms with Gasteiger partial charge in [-0.05, 0) is 6.42 Å². The van der Waals surface area contributed by atoms with Crippen LogP contribution in [0.1, 0.15) is 110 Å². The molecule has 1 amide bonds. The van der Waals surface area contributed by atoms with Crippen molar-refractivity contribution in [2.45, 2.75) is 116 Å². The third-order valence-corrected chi connectivity index (χ3v) is 5.19. The molecule has 0 aromatic carbocycles. The van der Waals surface area contributed by atoms with E-state index in [4.69, 9.17) is 5.11 Å². The number of thiol groups is 1. The number of nitrogens with one attached hydrogen (secondary N) is 1. The lowest BCUT2D eigenvalue weighted by Gasteiger charge is -2.11. The number of carbonyl (C=O) groups excluding carboxylic acids is 1. The van der Waals surface area contributed by atoms with Gasteiger partial charge in [-0.25, -0.2) is 4.79 Å². The smallest absolute Gasteiger partial charge is 0.327 e. The number of carbonyl (C=O) groups is 2. The Labute approximate surface area is 178 Å². The van der Waals surface area contributed by atoms with Crippen LogP contribution in [-0.4, -0.2) is 28.8 Å². The van der Waals surface area contributed by atoms with E-state index in [2.05, 4.69) is 24.9 Å². The first-order valence-electron chi connectivity index (χ1n) is 10.7. The zero-order valence-electron chi connectivity index (χ0n) is 17.2. The van der Waals surface area contributed by atoms with Crippen molar-refractivity contribution in [3.05, 3.63) is 0 Å². The maximum Gasteiger partial charge on any atom is 0.327 e. The molecule has 0 unspecified atom stereocenters. The number of carboxylic acid groups (broad SMARTS) is 1. The second-order valence-corrected chi connectivity index (χ2v) is 7.71. The second kappa shape index (κ2) is 21.9. The van der Waals surface area contributed by atoms with Crippen molar-refractivity contribution in [1.29, 1.82) is 0 Å². The van der Waals surface area contributed by atoms with Crippen molar-refractivity contribution in [3.8, 4) is 0 Å². The summed E-state index contributed by atoms with van der Waals surface area (Å²) < 4.78 is 0. The predicted octanol–water partition coefficient (Wildman–Crippen LogP) is 6.17. The molecule has 162 valence electrons. The van der Waals surface area contributed by atoms with Gasteiger partial charge >= 0.3 is 5.97 Å². The van der Waals surface area contributed by atoms with Crippen LogP contribution >= 0.6 is 25.0 Å². The van der Waals surface area contributed by atoms with Gasteiger partial charge in [0.1, 0.15) is 6.04 Å². The molecule has 0 aliphatic rings. The molecule has 4 nitrogen and oxygen atoms in total. The summed E-state index contributed by atoms with van der Waals surface area (Å²) in [5.41, 5.74) is 0. The van der Waals surface area contributed by atoms with Gasteiger partial charge < -0.3 is 10.4 Å². The third kappa shape index (κ3) is 20.1. The molecule has 1 atom stereocenters. The summed E-state index contributed by atoms with van der Waals surface area (Å²) in [6.07, 6.45) is 19.8. The number of carboxylic acids is 1. The van der Waals surface area contributed by atoms with Crippen LogP contribution in [0.4, 0.5) is 0 Å². The minimum absolute atomic E-state index is 0. The summed E-state index contributed by atoms with van der Waals surface area (Å²) in [6, 6.07) is -0.873. The number of hydrogen-bond donors (Lipinski definition) is 3. The molecule has 0 aromatic heterocycles. The first kappa shape index (κ1) is 28.8. The molecule has 0 spiro atoms. The fourth-order valence-electron chi connectivity index (χ4n) is 3.11. The molecule has 6 heteroatoms. The molecule has 0 aliphatic heterocycles. The lowest BCUT2D eigenvalue weighted by molar-refractivity contribution is -0.141. The summed E-state index contributed by atoms with van der Waals surface area (Å²) >= 11 is 3.93. The highest BCUT2D eigenvalue weighted by molar-refractivity contribution is 7.80. The van der Waals surface area contributed by atoms with E-state index >= 15 is 0 Å². The Kier molecular flexibility index (Phi) is 23.3. The van der Waals surface area contributed by atoms with Crippen LogP contribution in [0.5, 0.6) is 0 Å². The van der Waals surface area contributed by atoms with Gasteiger partial charge in [0.25, 0.3) is 0 Å². The van der Waals surface area contributed by atoms with Gasteiger partial charge in [0, 0.05) is 12.2 Å². The third-order valence-electron chi connectivity index (χ3n) is 4.82. The van der Waals surface area contributed by atoms with Crippen LogP contribution < -0.4 is 5.32 Å². The Morgan fingerprint density at radius 3 is 1.48 bits per heavy atom. The van der Waals surface area contributed by atoms with Crippen molar-refractivity contribution < 1.29 is 14.7 Å². The molecule has 0 aliphatic carbocycles. The van der Waals surface area contributed by atoms with Crippen LogP contribution in [0.25, 0.3) is 0 Å². The number of rotatable bonds is 19. The zero-order valence-corrected chi connectivity index (χ0v) is 18.9. The maximum absolute atomic E-state index is 11.6. The fourth-order valence-corrected chi connectivity index (χ4v) is 3.36. The van der Waals surface area contributed by atoms with Crippen LogP contribution in [0, 0.1) is 0 Å². The predicted molar refractivity (Wildman–Crippen MR) is 120 cm³/mol. The van der Waals surface area contributed by atoms with Crippen molar-refractivity contribution >= 4 is 36.9 Å². The fraction of sp³-hybridized carbons (Fsp3) is 0.905. The van der Waals surface area contributed by atoms with Crippen molar-refractivity contribution in [2.24, 2.45) is 0 Å². The summed E-state index contributed by atoms with van der Waals surface area (Å²) in [7, 11) is 0. The molecule has 0 heterocycles. The van der Waals surface area contributed by atoms with E-state index in [1.165, 1.54) is 83.5 Å². The van der Waals surface area contributed by atoms with E-state index in [9.17, 15) is 9.59 Å². The largest absolute Gasteiger partial charge is 0.480 e. The number of aliphatic carboxylic acids is 1. The van der Waals surface area contributed by atoms with Gasteiger partial charge in [-0.1, -0.05) is 96.8 Å². The molecule has 0 bridgehead atoms. The van der Waals surface area contributed by atoms with Gasteiger partial charge in [0.2, 0.25) is 5.91 Å². The summed E-state index contributed by atoms with van der Waals surface area (Å²) in [6.45, 7) is 2.26. The van der Waals surface area contributed by atoms with E-state index in [-0.39, 0.29) is 24.1 Å². The molecule has 0 rings (SSSR count). The molecule has 0 radical (unpaired) electrons. The summed E-state index contributed by atoms with van der Waals surface area (Å²) in [4.78, 5) is 22.5. The van der Waals surface area contributed by atoms with Crippen molar-refractivity contribution in [1.82, 2.24) is 5.32 Å². The SMILES string of the molecule is CCCCCCCCCCCCCCCCCC(=O)N[C@@H](CS)C(=O)O.Cl. The van der Waals surface area contributed by atoms with E-state index in [1.807, 2.05) is 0 Å². The highest BCUT2D eigenvalue weighted by Gasteiger charge is 2.17. The first-order valence-corrected chi connectivity index (χ1v) is 11.4. The van der Waals surface area contributed by atoms with Crippen molar-refractivity contribution in [2.75, 3.05) is 5.75 Å². The van der Waals surface area contributed by atoms with E-state index < -0.39 is 12.0 Å². The lowest BCUT2D eigenvalue weighted by atomic mass is 10.0. The van der Waals surface area contributed by atoms with Gasteiger partial charge in [0.15, 0.2) is 0 Å². The van der Waals surface area contributed by atoms with Crippen LogP contribution in [-0.2, 0) is 9.59 Å². The summed E-state index contributed by atoms with van der Waals surface area (Å²) in [5, 5.41) is 11.4. The average molecular weight is 424 g/mol. The normalized spacial score (nSPS) is 11.6. The minimum atomic E-state index is -1.02. The van der Waals surface area contributed by atoms with Crippen LogP contribution in [0.2, 0.25) is 0 Å². The summed E-state index contributed by atoms with van der Waals surface area (Å²) in [5.74, 6) is -1.08. The van der Waals surface area contributed by atoms with Gasteiger partial charge in [0.05, 0.1) is 0 Å². The Hall–Kier alpha value is -0.420. The molecule has 0 fully saturated rings. The number of unbranched alkanes of at least 4 members (excludes halogenated alkanes) is 14. The van der Waals surface area contributed by atoms with Crippen molar-refractivity contribution in [3.63, 3.8) is 0 Å². The quantitative estimate of drug-likeness (QED) is 0.172. The Morgan fingerprint density at radius 1 is 0.778 bits per heavy atom. The highest BCUT2D eigenvalue weighted by atomic mass is 35.5. The van der Waals surface area contributed by atoms with Gasteiger partial charge in [-0.15, -0.1) is 12.4 Å². The molecule has 27 heavy (non-hydrogen) atoms. The monoisotopic (exact) mass is 423 g/mol. The van der Waals surface area contributed by atoms with Crippen LogP contribution in [0.15, 0.2) is 0 Å². The number of hydrogen-bond acceptors (Lipinski definition) is 3. The molecular weight excluding hydrogens is 382 g/mol. The van der Waals surface area contributed by atoms with E-state index in [0.717, 1.165) is 12.8 Å². The Bertz CT molecular complexity index is 356. The van der Waals surface area contributed by atoms with E-state index in [1.54, 1.807) is 0 Å². The first-order chi connectivity index (χ1) is 12.6. The molecule has 0 aromatic rings. The zero-order chi connectivity index (χ0) is 19.5. The maximum atomic E-state index is 11.6. The standard InChI is InChI=1S/C21H41NO3S.ClH/c1-2-3-4-5-6-7-8-9-10-11-12-13-14-15-16-17-20(23)22-19(18-26)21(24)25;/h19,26H,2-18H2,1H3,(H,22,23)(H,24,25);1H/t19-;/m0./s1. The molecule has 0 saturated carbocycles. The average Bonchev–Trinajstić information content (AvgIpc) is 2.62. The van der Waals surface area contributed by atoms with Gasteiger partial charge in [-0.2, -0.15) is 12.6 Å². The number of halogens is 1. The Morgan fingerprint density at radius 2 is 1.15 bits per heavy atom. The van der Waals surface area contributed by atoms with Gasteiger partial charge in [-0.3, -0.25) is 4.79 Å². The topological polar surface area (TPSA) is 66.4 Å².